The van der Waals surface area contributed by atoms with Gasteiger partial charge in [-0.25, -0.2) is 4.98 Å². The molecule has 0 aliphatic carbocycles. The highest BCUT2D eigenvalue weighted by Crippen LogP contribution is 2.25. The van der Waals surface area contributed by atoms with Crippen LogP contribution >= 0.6 is 11.6 Å². The number of aromatic nitrogens is 3. The van der Waals surface area contributed by atoms with Crippen LogP contribution in [0.25, 0.3) is 0 Å². The molecule has 0 radical (unpaired) electrons. The van der Waals surface area contributed by atoms with Crippen molar-refractivity contribution in [3.05, 3.63) is 41.3 Å². The van der Waals surface area contributed by atoms with Crippen molar-refractivity contribution in [3.63, 3.8) is 0 Å². The molecule has 3 rings (SSSR count). The molecule has 0 amide bonds. The van der Waals surface area contributed by atoms with Crippen molar-refractivity contribution in [1.29, 1.82) is 0 Å². The summed E-state index contributed by atoms with van der Waals surface area (Å²) in [6, 6.07) is 4.07. The van der Waals surface area contributed by atoms with E-state index in [9.17, 15) is 0 Å². The highest BCUT2D eigenvalue weighted by Gasteiger charge is 2.25. The number of aliphatic imine (C=N–C) groups is 1. The minimum Gasteiger partial charge on any atom is -0.357 e. The molecule has 1 aliphatic heterocycles. The lowest BCUT2D eigenvalue weighted by atomic mass is 10.3. The average molecular weight is 390 g/mol. The van der Waals surface area contributed by atoms with Gasteiger partial charge in [-0.1, -0.05) is 11.6 Å². The molecule has 0 spiro atoms. The fourth-order valence-corrected chi connectivity index (χ4v) is 3.45. The number of aryl methyl sites for hydroxylation is 2. The number of rotatable bonds is 7. The van der Waals surface area contributed by atoms with E-state index < -0.39 is 0 Å². The number of hydrogen-bond donors (Lipinski definition) is 2. The van der Waals surface area contributed by atoms with Crippen LogP contribution in [0.1, 0.15) is 25.3 Å². The van der Waals surface area contributed by atoms with Crippen LogP contribution in [-0.4, -0.2) is 52.9 Å². The highest BCUT2D eigenvalue weighted by atomic mass is 35.5. The van der Waals surface area contributed by atoms with Gasteiger partial charge in [-0.3, -0.25) is 9.67 Å². The Morgan fingerprint density at radius 2 is 2.33 bits per heavy atom. The molecule has 0 aromatic carbocycles. The van der Waals surface area contributed by atoms with Crippen molar-refractivity contribution in [3.8, 4) is 0 Å². The van der Waals surface area contributed by atoms with Gasteiger partial charge in [0, 0.05) is 51.2 Å². The Hall–Kier alpha value is -2.28. The summed E-state index contributed by atoms with van der Waals surface area (Å²) in [5.41, 5.74) is 1.19. The molecule has 0 saturated carbocycles. The molecule has 2 N–H and O–H groups in total. The molecule has 1 atom stereocenters. The number of pyridine rings is 1. The zero-order chi connectivity index (χ0) is 19.1. The molecule has 1 aliphatic rings. The largest absolute Gasteiger partial charge is 0.357 e. The lowest BCUT2D eigenvalue weighted by molar-refractivity contribution is 0.581. The molecular formula is C19H28ClN7. The number of hydrogen-bond acceptors (Lipinski definition) is 4. The molecule has 27 heavy (non-hydrogen) atoms. The molecule has 146 valence electrons. The van der Waals surface area contributed by atoms with Crippen LogP contribution in [0, 0.1) is 6.92 Å². The Labute approximate surface area is 165 Å². The second-order valence-electron chi connectivity index (χ2n) is 6.78. The van der Waals surface area contributed by atoms with Crippen molar-refractivity contribution in [1.82, 2.24) is 25.4 Å². The predicted molar refractivity (Wildman–Crippen MR) is 111 cm³/mol. The summed E-state index contributed by atoms with van der Waals surface area (Å²) in [6.45, 7) is 8.42. The molecule has 3 heterocycles. The van der Waals surface area contributed by atoms with Crippen molar-refractivity contribution < 1.29 is 0 Å². The van der Waals surface area contributed by atoms with E-state index in [1.165, 1.54) is 5.56 Å². The molecule has 1 fully saturated rings. The standard InChI is InChI=1S/C19H28ClN7/c1-3-21-19(23-9-5-10-27-13-15(2)12-24-27)25-16-7-11-26(14-16)18-17(20)6-4-8-22-18/h4,6,8,12-13,16H,3,5,7,9-11,14H2,1-2H3,(H2,21,23,25). The summed E-state index contributed by atoms with van der Waals surface area (Å²) >= 11 is 6.28. The third kappa shape index (κ3) is 5.60. The third-order valence-corrected chi connectivity index (χ3v) is 4.78. The number of anilines is 1. The monoisotopic (exact) mass is 389 g/mol. The van der Waals surface area contributed by atoms with Gasteiger partial charge in [0.2, 0.25) is 0 Å². The maximum absolute atomic E-state index is 6.28. The second-order valence-corrected chi connectivity index (χ2v) is 7.19. The highest BCUT2D eigenvalue weighted by molar-refractivity contribution is 6.32. The predicted octanol–water partition coefficient (Wildman–Crippen LogP) is 2.46. The molecule has 1 saturated heterocycles. The van der Waals surface area contributed by atoms with Gasteiger partial charge in [0.25, 0.3) is 0 Å². The molecule has 2 aromatic heterocycles. The van der Waals surface area contributed by atoms with Crippen LogP contribution in [-0.2, 0) is 6.54 Å². The van der Waals surface area contributed by atoms with E-state index in [2.05, 4.69) is 45.7 Å². The maximum atomic E-state index is 6.28. The Balaban J connectivity index is 1.49. The maximum Gasteiger partial charge on any atom is 0.191 e. The van der Waals surface area contributed by atoms with Gasteiger partial charge >= 0.3 is 0 Å². The van der Waals surface area contributed by atoms with E-state index in [0.717, 1.165) is 57.3 Å². The number of guanidine groups is 1. The molecular weight excluding hydrogens is 362 g/mol. The van der Waals surface area contributed by atoms with Gasteiger partial charge in [0.05, 0.1) is 11.2 Å². The van der Waals surface area contributed by atoms with E-state index in [0.29, 0.717) is 11.1 Å². The Morgan fingerprint density at radius 3 is 3.07 bits per heavy atom. The molecule has 8 heteroatoms. The van der Waals surface area contributed by atoms with Crippen LogP contribution in [0.3, 0.4) is 0 Å². The summed E-state index contributed by atoms with van der Waals surface area (Å²) in [5.74, 6) is 1.73. The molecule has 1 unspecified atom stereocenters. The fourth-order valence-electron chi connectivity index (χ4n) is 3.21. The lowest BCUT2D eigenvalue weighted by Gasteiger charge is -2.20. The zero-order valence-corrected chi connectivity index (χ0v) is 16.8. The minimum atomic E-state index is 0.328. The summed E-state index contributed by atoms with van der Waals surface area (Å²) in [7, 11) is 0. The van der Waals surface area contributed by atoms with Gasteiger partial charge in [0.1, 0.15) is 5.82 Å². The van der Waals surface area contributed by atoms with Crippen LogP contribution in [0.15, 0.2) is 35.7 Å². The molecule has 0 bridgehead atoms. The molecule has 2 aromatic rings. The van der Waals surface area contributed by atoms with Gasteiger partial charge in [-0.05, 0) is 44.4 Å². The van der Waals surface area contributed by atoms with E-state index in [-0.39, 0.29) is 0 Å². The van der Waals surface area contributed by atoms with Crippen molar-refractivity contribution in [2.75, 3.05) is 31.1 Å². The second kappa shape index (κ2) is 9.60. The van der Waals surface area contributed by atoms with Gasteiger partial charge in [-0.2, -0.15) is 5.10 Å². The van der Waals surface area contributed by atoms with Crippen LogP contribution in [0.2, 0.25) is 5.02 Å². The zero-order valence-electron chi connectivity index (χ0n) is 16.0. The topological polar surface area (TPSA) is 70.4 Å². The minimum absolute atomic E-state index is 0.328. The van der Waals surface area contributed by atoms with Gasteiger partial charge in [-0.15, -0.1) is 0 Å². The molecule has 7 nitrogen and oxygen atoms in total. The number of nitrogens with zero attached hydrogens (tertiary/aromatic N) is 5. The first-order chi connectivity index (χ1) is 13.2. The smallest absolute Gasteiger partial charge is 0.191 e. The average Bonchev–Trinajstić information content (AvgIpc) is 3.28. The summed E-state index contributed by atoms with van der Waals surface area (Å²) in [5, 5.41) is 11.9. The normalized spacial score (nSPS) is 17.4. The first-order valence-electron chi connectivity index (χ1n) is 9.55. The van der Waals surface area contributed by atoms with Gasteiger partial charge < -0.3 is 15.5 Å². The fraction of sp³-hybridized carbons (Fsp3) is 0.526. The number of halogens is 1. The van der Waals surface area contributed by atoms with Crippen molar-refractivity contribution >= 4 is 23.4 Å². The van der Waals surface area contributed by atoms with E-state index in [1.807, 2.05) is 23.0 Å². The van der Waals surface area contributed by atoms with E-state index in [4.69, 9.17) is 16.6 Å². The van der Waals surface area contributed by atoms with Crippen LogP contribution in [0.4, 0.5) is 5.82 Å². The van der Waals surface area contributed by atoms with Crippen molar-refractivity contribution in [2.45, 2.75) is 39.3 Å². The first-order valence-corrected chi connectivity index (χ1v) is 9.93. The summed E-state index contributed by atoms with van der Waals surface area (Å²) < 4.78 is 1.97. The lowest BCUT2D eigenvalue weighted by Crippen LogP contribution is -2.44. The van der Waals surface area contributed by atoms with E-state index in [1.54, 1.807) is 6.20 Å². The van der Waals surface area contributed by atoms with Crippen LogP contribution < -0.4 is 15.5 Å². The summed E-state index contributed by atoms with van der Waals surface area (Å²) in [6.07, 6.45) is 7.72. The SMILES string of the molecule is CCNC(=NCCCn1cc(C)cn1)NC1CCN(c2ncccc2Cl)C1. The Kier molecular flexibility index (Phi) is 6.92. The van der Waals surface area contributed by atoms with Crippen LogP contribution in [0.5, 0.6) is 0 Å². The Morgan fingerprint density at radius 1 is 1.44 bits per heavy atom. The number of nitrogens with one attached hydrogen (secondary N) is 2. The quantitative estimate of drug-likeness (QED) is 0.432. The Bertz CT molecular complexity index is 758. The van der Waals surface area contributed by atoms with Crippen molar-refractivity contribution in [2.24, 2.45) is 4.99 Å². The first kappa shape index (κ1) is 19.5. The summed E-state index contributed by atoms with van der Waals surface area (Å²) in [4.78, 5) is 11.3. The van der Waals surface area contributed by atoms with Gasteiger partial charge in [0.15, 0.2) is 5.96 Å². The van der Waals surface area contributed by atoms with E-state index >= 15 is 0 Å². The third-order valence-electron chi connectivity index (χ3n) is 4.49.